The van der Waals surface area contributed by atoms with E-state index in [0.717, 1.165) is 5.56 Å². The van der Waals surface area contributed by atoms with Gasteiger partial charge in [0.15, 0.2) is 0 Å². The minimum atomic E-state index is -0.160. The van der Waals surface area contributed by atoms with E-state index in [-0.39, 0.29) is 24.4 Å². The van der Waals surface area contributed by atoms with Crippen LogP contribution >= 0.6 is 11.3 Å². The van der Waals surface area contributed by atoms with Gasteiger partial charge in [0, 0.05) is 22.4 Å². The fraction of sp³-hybridized carbons (Fsp3) is 0.333. The lowest BCUT2D eigenvalue weighted by Gasteiger charge is -2.19. The molecule has 1 atom stereocenters. The van der Waals surface area contributed by atoms with Crippen molar-refractivity contribution in [1.82, 2.24) is 10.2 Å². The molecule has 2 rings (SSSR count). The van der Waals surface area contributed by atoms with Crippen molar-refractivity contribution >= 4 is 23.2 Å². The molecule has 122 valence electrons. The van der Waals surface area contributed by atoms with E-state index >= 15 is 0 Å². The van der Waals surface area contributed by atoms with Crippen LogP contribution in [0.5, 0.6) is 0 Å². The van der Waals surface area contributed by atoms with Crippen molar-refractivity contribution in [3.05, 3.63) is 57.3 Å². The maximum atomic E-state index is 12.2. The topological polar surface area (TPSA) is 49.4 Å². The summed E-state index contributed by atoms with van der Waals surface area (Å²) in [6, 6.07) is 11.0. The predicted molar refractivity (Wildman–Crippen MR) is 93.8 cm³/mol. The summed E-state index contributed by atoms with van der Waals surface area (Å²) in [5.74, 6) is -0.316. The lowest BCUT2D eigenvalue weighted by molar-refractivity contribution is -0.122. The number of hydrogen-bond donors (Lipinski definition) is 1. The van der Waals surface area contributed by atoms with Crippen LogP contribution < -0.4 is 5.32 Å². The van der Waals surface area contributed by atoms with Gasteiger partial charge in [-0.15, -0.1) is 11.3 Å². The number of nitrogens with one attached hydrogen (secondary N) is 1. The van der Waals surface area contributed by atoms with Gasteiger partial charge in [-0.2, -0.15) is 0 Å². The molecule has 2 aromatic rings. The van der Waals surface area contributed by atoms with Gasteiger partial charge in [-0.3, -0.25) is 9.59 Å². The number of amides is 2. The highest BCUT2D eigenvalue weighted by atomic mass is 32.1. The van der Waals surface area contributed by atoms with Crippen LogP contribution in [0.4, 0.5) is 0 Å². The smallest absolute Gasteiger partial charge is 0.254 e. The van der Waals surface area contributed by atoms with E-state index < -0.39 is 0 Å². The average molecular weight is 330 g/mol. The van der Waals surface area contributed by atoms with E-state index in [1.54, 1.807) is 30.5 Å². The molecule has 23 heavy (non-hydrogen) atoms. The molecule has 0 aliphatic heterocycles. The fourth-order valence-electron chi connectivity index (χ4n) is 2.53. The normalized spacial score (nSPS) is 11.8. The summed E-state index contributed by atoms with van der Waals surface area (Å²) < 4.78 is 0. The molecule has 1 heterocycles. The van der Waals surface area contributed by atoms with Gasteiger partial charge in [0.05, 0.1) is 12.6 Å². The van der Waals surface area contributed by atoms with Gasteiger partial charge in [0.2, 0.25) is 5.91 Å². The number of thiophene rings is 1. The number of nitrogens with zero attached hydrogens (tertiary/aromatic N) is 1. The number of likely N-dealkylation sites (N-methyl/N-ethyl adjacent to an activating group) is 1. The fourth-order valence-corrected chi connectivity index (χ4v) is 3.56. The monoisotopic (exact) mass is 330 g/mol. The summed E-state index contributed by atoms with van der Waals surface area (Å²) >= 11 is 1.72. The zero-order valence-electron chi connectivity index (χ0n) is 13.9. The second kappa shape index (κ2) is 7.42. The standard InChI is InChI=1S/C18H22N2O2S/c1-12-10-16(14(3)23-12)13(2)19-17(21)11-20(4)18(22)15-8-6-5-7-9-15/h5-10,13H,11H2,1-4H3,(H,19,21)/t13-/m0/s1. The Bertz CT molecular complexity index is 694. The average Bonchev–Trinajstić information content (AvgIpc) is 2.86. The van der Waals surface area contributed by atoms with Crippen LogP contribution in [0.3, 0.4) is 0 Å². The summed E-state index contributed by atoms with van der Waals surface area (Å²) in [5.41, 5.74) is 1.72. The van der Waals surface area contributed by atoms with Crippen molar-refractivity contribution in [2.45, 2.75) is 26.8 Å². The molecule has 5 heteroatoms. The zero-order valence-corrected chi connectivity index (χ0v) is 14.7. The second-order valence-corrected chi connectivity index (χ2v) is 7.15. The van der Waals surface area contributed by atoms with Crippen LogP contribution in [0.1, 0.15) is 38.6 Å². The molecule has 1 aromatic carbocycles. The largest absolute Gasteiger partial charge is 0.348 e. The third-order valence-corrected chi connectivity index (χ3v) is 4.65. The molecule has 0 bridgehead atoms. The van der Waals surface area contributed by atoms with Crippen LogP contribution in [0.25, 0.3) is 0 Å². The highest BCUT2D eigenvalue weighted by Crippen LogP contribution is 2.26. The van der Waals surface area contributed by atoms with Crippen molar-refractivity contribution in [2.24, 2.45) is 0 Å². The van der Waals surface area contributed by atoms with Crippen LogP contribution in [-0.4, -0.2) is 30.3 Å². The van der Waals surface area contributed by atoms with E-state index in [9.17, 15) is 9.59 Å². The van der Waals surface area contributed by atoms with E-state index in [1.807, 2.05) is 25.1 Å². The maximum Gasteiger partial charge on any atom is 0.254 e. The maximum absolute atomic E-state index is 12.2. The molecule has 1 N–H and O–H groups in total. The number of rotatable bonds is 5. The summed E-state index contributed by atoms with van der Waals surface area (Å²) in [7, 11) is 1.64. The first kappa shape index (κ1) is 17.2. The van der Waals surface area contributed by atoms with Gasteiger partial charge in [-0.1, -0.05) is 18.2 Å². The van der Waals surface area contributed by atoms with Gasteiger partial charge in [-0.25, -0.2) is 0 Å². The SMILES string of the molecule is Cc1cc([C@H](C)NC(=O)CN(C)C(=O)c2ccccc2)c(C)s1. The van der Waals surface area contributed by atoms with Gasteiger partial charge in [-0.05, 0) is 44.5 Å². The number of carbonyl (C=O) groups is 2. The highest BCUT2D eigenvalue weighted by Gasteiger charge is 2.18. The van der Waals surface area contributed by atoms with Gasteiger partial charge in [0.25, 0.3) is 5.91 Å². The summed E-state index contributed by atoms with van der Waals surface area (Å²) in [6.45, 7) is 6.12. The molecule has 1 aromatic heterocycles. The van der Waals surface area contributed by atoms with Gasteiger partial charge < -0.3 is 10.2 Å². The Kier molecular flexibility index (Phi) is 5.55. The molecule has 0 saturated heterocycles. The van der Waals surface area contributed by atoms with Crippen LogP contribution in [0, 0.1) is 13.8 Å². The van der Waals surface area contributed by atoms with Gasteiger partial charge >= 0.3 is 0 Å². The van der Waals surface area contributed by atoms with Crippen LogP contribution in [0.2, 0.25) is 0 Å². The van der Waals surface area contributed by atoms with Crippen LogP contribution in [-0.2, 0) is 4.79 Å². The molecule has 0 aliphatic carbocycles. The first-order chi connectivity index (χ1) is 10.9. The van der Waals surface area contributed by atoms with Crippen molar-refractivity contribution in [1.29, 1.82) is 0 Å². The highest BCUT2D eigenvalue weighted by molar-refractivity contribution is 7.12. The van der Waals surface area contributed by atoms with E-state index in [0.29, 0.717) is 5.56 Å². The Balaban J connectivity index is 1.94. The first-order valence-corrected chi connectivity index (χ1v) is 8.37. The minimum Gasteiger partial charge on any atom is -0.348 e. The third kappa shape index (κ3) is 4.42. The number of aryl methyl sites for hydroxylation is 2. The summed E-state index contributed by atoms with van der Waals surface area (Å²) in [5, 5.41) is 2.96. The second-order valence-electron chi connectivity index (χ2n) is 5.69. The Morgan fingerprint density at radius 1 is 1.22 bits per heavy atom. The molecule has 0 radical (unpaired) electrons. The lowest BCUT2D eigenvalue weighted by atomic mass is 10.1. The molecule has 0 fully saturated rings. The van der Waals surface area contributed by atoms with Crippen molar-refractivity contribution in [2.75, 3.05) is 13.6 Å². The molecule has 0 aliphatic rings. The Morgan fingerprint density at radius 3 is 2.43 bits per heavy atom. The number of carbonyl (C=O) groups excluding carboxylic acids is 2. The molecule has 0 saturated carbocycles. The predicted octanol–water partition coefficient (Wildman–Crippen LogP) is 3.31. The molecule has 0 spiro atoms. The van der Waals surface area contributed by atoms with Gasteiger partial charge in [0.1, 0.15) is 0 Å². The Hall–Kier alpha value is -2.14. The molecule has 0 unspecified atom stereocenters. The molecular weight excluding hydrogens is 308 g/mol. The van der Waals surface area contributed by atoms with E-state index in [1.165, 1.54) is 14.7 Å². The molecule has 2 amide bonds. The van der Waals surface area contributed by atoms with Crippen molar-refractivity contribution < 1.29 is 9.59 Å². The summed E-state index contributed by atoms with van der Waals surface area (Å²) in [4.78, 5) is 28.3. The summed E-state index contributed by atoms with van der Waals surface area (Å²) in [6.07, 6.45) is 0. The zero-order chi connectivity index (χ0) is 17.0. The van der Waals surface area contributed by atoms with Crippen molar-refractivity contribution in [3.63, 3.8) is 0 Å². The van der Waals surface area contributed by atoms with E-state index in [4.69, 9.17) is 0 Å². The van der Waals surface area contributed by atoms with Crippen molar-refractivity contribution in [3.8, 4) is 0 Å². The Morgan fingerprint density at radius 2 is 1.87 bits per heavy atom. The number of benzene rings is 1. The first-order valence-electron chi connectivity index (χ1n) is 7.55. The quantitative estimate of drug-likeness (QED) is 0.914. The van der Waals surface area contributed by atoms with E-state index in [2.05, 4.69) is 25.2 Å². The lowest BCUT2D eigenvalue weighted by Crippen LogP contribution is -2.39. The molecular formula is C18H22N2O2S. The minimum absolute atomic E-state index is 0.0419. The van der Waals surface area contributed by atoms with Crippen LogP contribution in [0.15, 0.2) is 36.4 Å². The Labute approximate surface area is 141 Å². The molecule has 4 nitrogen and oxygen atoms in total. The number of hydrogen-bond acceptors (Lipinski definition) is 3. The third-order valence-electron chi connectivity index (χ3n) is 3.67.